The summed E-state index contributed by atoms with van der Waals surface area (Å²) >= 11 is 0.998. The Bertz CT molecular complexity index is 688. The monoisotopic (exact) mass is 319 g/mol. The van der Waals surface area contributed by atoms with E-state index < -0.39 is 5.82 Å². The average molecular weight is 319 g/mol. The molecule has 0 aromatic heterocycles. The first-order chi connectivity index (χ1) is 10.5. The van der Waals surface area contributed by atoms with Crippen LogP contribution in [-0.4, -0.2) is 11.5 Å². The molecule has 0 atom stereocenters. The number of carbonyl (C=O) groups excluding carboxylic acids is 1. The fraction of sp³-hybridized carbons (Fsp3) is 0.235. The first-order valence-electron chi connectivity index (χ1n) is 6.83. The van der Waals surface area contributed by atoms with Crippen LogP contribution in [0.15, 0.2) is 36.4 Å². The molecule has 0 aliphatic heterocycles. The van der Waals surface area contributed by atoms with Crippen LogP contribution >= 0.6 is 11.8 Å². The number of halogens is 1. The van der Waals surface area contributed by atoms with Gasteiger partial charge in [-0.2, -0.15) is 0 Å². The van der Waals surface area contributed by atoms with Crippen molar-refractivity contribution < 1.29 is 13.9 Å². The molecule has 3 nitrogen and oxygen atoms in total. The van der Waals surface area contributed by atoms with E-state index in [1.165, 1.54) is 6.07 Å². The number of anilines is 1. The zero-order valence-electron chi connectivity index (χ0n) is 12.8. The molecular formula is C17H18FNO2S. The van der Waals surface area contributed by atoms with Crippen LogP contribution in [0.2, 0.25) is 0 Å². The second kappa shape index (κ2) is 7.31. The van der Waals surface area contributed by atoms with Crippen molar-refractivity contribution in [1.82, 2.24) is 0 Å². The number of nitrogens with one attached hydrogen (secondary N) is 1. The van der Waals surface area contributed by atoms with Gasteiger partial charge in [0.15, 0.2) is 0 Å². The maximum atomic E-state index is 13.9. The Morgan fingerprint density at radius 1 is 1.27 bits per heavy atom. The number of hydrogen-bond acceptors (Lipinski definition) is 3. The number of rotatable bonds is 4. The van der Waals surface area contributed by atoms with E-state index in [1.807, 2.05) is 32.0 Å². The molecule has 2 aromatic carbocycles. The van der Waals surface area contributed by atoms with Gasteiger partial charge in [0.2, 0.25) is 0 Å². The molecule has 0 unspecified atom stereocenters. The molecule has 5 heteroatoms. The normalized spacial score (nSPS) is 10.4. The van der Waals surface area contributed by atoms with E-state index in [2.05, 4.69) is 5.32 Å². The molecular weight excluding hydrogens is 301 g/mol. The van der Waals surface area contributed by atoms with Crippen molar-refractivity contribution in [3.63, 3.8) is 0 Å². The van der Waals surface area contributed by atoms with Crippen LogP contribution in [0.1, 0.15) is 16.7 Å². The highest BCUT2D eigenvalue weighted by Crippen LogP contribution is 2.25. The summed E-state index contributed by atoms with van der Waals surface area (Å²) in [7, 11) is 0. The predicted molar refractivity (Wildman–Crippen MR) is 89.2 cm³/mol. The minimum absolute atomic E-state index is 0.173. The number of carbonyl (C=O) groups is 1. The second-order valence-corrected chi connectivity index (χ2v) is 5.73. The molecule has 0 saturated heterocycles. The molecule has 0 fully saturated rings. The van der Waals surface area contributed by atoms with Gasteiger partial charge in [-0.25, -0.2) is 4.39 Å². The molecule has 0 aliphatic rings. The summed E-state index contributed by atoms with van der Waals surface area (Å²) in [6, 6.07) is 10.5. The molecule has 2 rings (SSSR count). The average Bonchev–Trinajstić information content (AvgIpc) is 2.49. The maximum absolute atomic E-state index is 13.9. The number of ether oxygens (including phenoxy) is 1. The predicted octanol–water partition coefficient (Wildman–Crippen LogP) is 4.92. The highest BCUT2D eigenvalue weighted by Gasteiger charge is 2.12. The Labute approximate surface area is 133 Å². The summed E-state index contributed by atoms with van der Waals surface area (Å²) in [6.07, 6.45) is 1.64. The largest absolute Gasteiger partial charge is 0.489 e. The van der Waals surface area contributed by atoms with Crippen LogP contribution in [0.3, 0.4) is 0 Å². The van der Waals surface area contributed by atoms with E-state index in [-0.39, 0.29) is 17.5 Å². The zero-order valence-corrected chi connectivity index (χ0v) is 13.6. The second-order valence-electron chi connectivity index (χ2n) is 4.95. The third kappa shape index (κ3) is 4.01. The molecule has 0 heterocycles. The molecule has 116 valence electrons. The standard InChI is InChI=1S/C17H18FNO2S/c1-11-7-8-15(12(2)9-11)21-10-13-5-4-6-14(18)16(13)19-17(20)22-3/h4-9H,10H2,1-3H3,(H,19,20). The molecule has 1 N–H and O–H groups in total. The summed E-state index contributed by atoms with van der Waals surface area (Å²) in [5.41, 5.74) is 2.95. The fourth-order valence-electron chi connectivity index (χ4n) is 2.10. The van der Waals surface area contributed by atoms with E-state index in [0.717, 1.165) is 28.6 Å². The van der Waals surface area contributed by atoms with Crippen LogP contribution in [0, 0.1) is 19.7 Å². The fourth-order valence-corrected chi connectivity index (χ4v) is 2.30. The topological polar surface area (TPSA) is 38.3 Å². The van der Waals surface area contributed by atoms with Gasteiger partial charge in [-0.3, -0.25) is 4.79 Å². The van der Waals surface area contributed by atoms with Crippen LogP contribution in [0.25, 0.3) is 0 Å². The number of benzene rings is 2. The highest BCUT2D eigenvalue weighted by atomic mass is 32.2. The molecule has 1 amide bonds. The molecule has 0 spiro atoms. The van der Waals surface area contributed by atoms with Gasteiger partial charge in [-0.05, 0) is 37.8 Å². The van der Waals surface area contributed by atoms with Crippen molar-refractivity contribution in [2.75, 3.05) is 11.6 Å². The van der Waals surface area contributed by atoms with Crippen molar-refractivity contribution in [2.45, 2.75) is 20.5 Å². The van der Waals surface area contributed by atoms with Gasteiger partial charge in [-0.15, -0.1) is 0 Å². The van der Waals surface area contributed by atoms with Crippen molar-refractivity contribution in [3.05, 3.63) is 58.9 Å². The molecule has 0 aliphatic carbocycles. The van der Waals surface area contributed by atoms with E-state index in [9.17, 15) is 9.18 Å². The van der Waals surface area contributed by atoms with Crippen LogP contribution in [-0.2, 0) is 6.61 Å². The van der Waals surface area contributed by atoms with E-state index >= 15 is 0 Å². The molecule has 0 bridgehead atoms. The first-order valence-corrected chi connectivity index (χ1v) is 8.06. The number of aryl methyl sites for hydroxylation is 2. The Morgan fingerprint density at radius 2 is 2.05 bits per heavy atom. The van der Waals surface area contributed by atoms with Gasteiger partial charge in [0, 0.05) is 5.56 Å². The number of para-hydroxylation sites is 1. The van der Waals surface area contributed by atoms with Gasteiger partial charge in [-0.1, -0.05) is 41.6 Å². The molecule has 2 aromatic rings. The van der Waals surface area contributed by atoms with Crippen molar-refractivity contribution in [1.29, 1.82) is 0 Å². The third-order valence-corrected chi connectivity index (χ3v) is 3.70. The lowest BCUT2D eigenvalue weighted by Gasteiger charge is -2.14. The maximum Gasteiger partial charge on any atom is 0.283 e. The summed E-state index contributed by atoms with van der Waals surface area (Å²) in [5.74, 6) is 0.279. The Balaban J connectivity index is 2.18. The first kappa shape index (κ1) is 16.4. The lowest BCUT2D eigenvalue weighted by Crippen LogP contribution is -2.10. The van der Waals surface area contributed by atoms with E-state index in [4.69, 9.17) is 4.74 Å². The van der Waals surface area contributed by atoms with Crippen LogP contribution < -0.4 is 10.1 Å². The van der Waals surface area contributed by atoms with Gasteiger partial charge in [0.05, 0.1) is 5.69 Å². The van der Waals surface area contributed by atoms with Gasteiger partial charge in [0.1, 0.15) is 18.2 Å². The lowest BCUT2D eigenvalue weighted by atomic mass is 10.1. The highest BCUT2D eigenvalue weighted by molar-refractivity contribution is 8.13. The number of hydrogen-bond donors (Lipinski definition) is 1. The van der Waals surface area contributed by atoms with Crippen molar-refractivity contribution in [3.8, 4) is 5.75 Å². The third-order valence-electron chi connectivity index (χ3n) is 3.23. The molecule has 0 radical (unpaired) electrons. The smallest absolute Gasteiger partial charge is 0.283 e. The Morgan fingerprint density at radius 3 is 2.73 bits per heavy atom. The van der Waals surface area contributed by atoms with Gasteiger partial charge < -0.3 is 10.1 Å². The number of amides is 1. The van der Waals surface area contributed by atoms with Crippen molar-refractivity contribution in [2.24, 2.45) is 0 Å². The summed E-state index contributed by atoms with van der Waals surface area (Å²) < 4.78 is 19.7. The van der Waals surface area contributed by atoms with Gasteiger partial charge >= 0.3 is 0 Å². The zero-order chi connectivity index (χ0) is 16.1. The summed E-state index contributed by atoms with van der Waals surface area (Å²) in [5, 5.41) is 2.25. The summed E-state index contributed by atoms with van der Waals surface area (Å²) in [6.45, 7) is 4.16. The number of thioether (sulfide) groups is 1. The van der Waals surface area contributed by atoms with Crippen LogP contribution in [0.4, 0.5) is 14.9 Å². The Kier molecular flexibility index (Phi) is 5.44. The molecule has 0 saturated carbocycles. The molecule has 22 heavy (non-hydrogen) atoms. The lowest BCUT2D eigenvalue weighted by molar-refractivity contribution is 0.269. The summed E-state index contributed by atoms with van der Waals surface area (Å²) in [4.78, 5) is 11.5. The van der Waals surface area contributed by atoms with Gasteiger partial charge in [0.25, 0.3) is 5.24 Å². The minimum Gasteiger partial charge on any atom is -0.489 e. The van der Waals surface area contributed by atoms with Crippen molar-refractivity contribution >= 4 is 22.7 Å². The minimum atomic E-state index is -0.468. The SMILES string of the molecule is CSC(=O)Nc1c(F)cccc1COc1ccc(C)cc1C. The quantitative estimate of drug-likeness (QED) is 0.869. The Hall–Kier alpha value is -2.01. The van der Waals surface area contributed by atoms with Crippen LogP contribution in [0.5, 0.6) is 5.75 Å². The van der Waals surface area contributed by atoms with E-state index in [1.54, 1.807) is 18.4 Å². The van der Waals surface area contributed by atoms with E-state index in [0.29, 0.717) is 5.56 Å².